The number of alkyl carbamates (subject to hydrolysis) is 1. The highest BCUT2D eigenvalue weighted by molar-refractivity contribution is 6.29. The first-order valence-corrected chi connectivity index (χ1v) is 13.4. The summed E-state index contributed by atoms with van der Waals surface area (Å²) in [6.07, 6.45) is 4.25. The summed E-state index contributed by atoms with van der Waals surface area (Å²) < 4.78 is 20.4. The van der Waals surface area contributed by atoms with Crippen LogP contribution >= 0.6 is 11.6 Å². The van der Waals surface area contributed by atoms with Gasteiger partial charge in [0.25, 0.3) is 5.56 Å². The number of anilines is 1. The predicted octanol–water partition coefficient (Wildman–Crippen LogP) is 3.85. The van der Waals surface area contributed by atoms with E-state index in [0.717, 1.165) is 7.11 Å². The Hall–Kier alpha value is -4.19. The Morgan fingerprint density at radius 2 is 2.00 bits per heavy atom. The number of ether oxygens (including phenoxy) is 1. The third kappa shape index (κ3) is 8.16. The van der Waals surface area contributed by atoms with Crippen molar-refractivity contribution < 1.29 is 23.5 Å². The van der Waals surface area contributed by atoms with Crippen LogP contribution in [0.1, 0.15) is 37.9 Å². The van der Waals surface area contributed by atoms with Crippen LogP contribution in [0.2, 0.25) is 5.15 Å². The number of likely N-dealkylation sites (N-methyl/N-ethyl adjacent to an activating group) is 1. The zero-order valence-corrected chi connectivity index (χ0v) is 24.3. The van der Waals surface area contributed by atoms with E-state index < -0.39 is 29.4 Å². The largest absolute Gasteiger partial charge is 0.453 e. The van der Waals surface area contributed by atoms with Gasteiger partial charge in [0, 0.05) is 25.4 Å². The molecule has 0 spiro atoms. The highest BCUT2D eigenvalue weighted by Crippen LogP contribution is 2.24. The molecule has 0 aliphatic rings. The Bertz CT molecular complexity index is 1510. The second-order valence-electron chi connectivity index (χ2n) is 10.1. The maximum Gasteiger partial charge on any atom is 0.407 e. The van der Waals surface area contributed by atoms with Crippen LogP contribution in [0.5, 0.6) is 0 Å². The van der Waals surface area contributed by atoms with Gasteiger partial charge in [0.05, 0.1) is 30.9 Å². The van der Waals surface area contributed by atoms with Gasteiger partial charge in [-0.05, 0) is 49.5 Å². The number of H-pyrrole nitrogens is 1. The van der Waals surface area contributed by atoms with Crippen LogP contribution in [0.15, 0.2) is 41.3 Å². The normalized spacial score (nSPS) is 12.1. The van der Waals surface area contributed by atoms with E-state index in [1.54, 1.807) is 26.2 Å². The Labute approximate surface area is 241 Å². The van der Waals surface area contributed by atoms with Crippen LogP contribution in [0, 0.1) is 11.7 Å². The van der Waals surface area contributed by atoms with Crippen molar-refractivity contribution in [1.29, 1.82) is 0 Å². The number of nitrogens with one attached hydrogen (secondary N) is 3. The lowest BCUT2D eigenvalue weighted by Gasteiger charge is -2.18. The van der Waals surface area contributed by atoms with E-state index in [4.69, 9.17) is 11.6 Å². The third-order valence-electron chi connectivity index (χ3n) is 6.20. The summed E-state index contributed by atoms with van der Waals surface area (Å²) in [5, 5.41) is 5.11. The standard InChI is InChI=1S/C28H34ClFN6O5/c1-16(2)12-18-19(30)14-31-22-13-17(32-25(18)22)15-36-23(29)11-10-21(27(36)39)33-26(38)20(34-28(40)41-5)8-6-7-9-24(37)35(3)4/h7,9-11,13-14,16,20,32H,6,8,12,15H2,1-5H3,(H,33,38)(H,34,40)/b9-7+/t20-/m0/s1. The molecule has 3 N–H and O–H groups in total. The monoisotopic (exact) mass is 588 g/mol. The van der Waals surface area contributed by atoms with Gasteiger partial charge in [-0.1, -0.05) is 31.5 Å². The number of aromatic amines is 1. The van der Waals surface area contributed by atoms with Crippen molar-refractivity contribution in [1.82, 2.24) is 24.8 Å². The van der Waals surface area contributed by atoms with E-state index in [9.17, 15) is 23.6 Å². The lowest BCUT2D eigenvalue weighted by molar-refractivity contribution is -0.123. The van der Waals surface area contributed by atoms with Gasteiger partial charge in [-0.2, -0.15) is 0 Å². The lowest BCUT2D eigenvalue weighted by Crippen LogP contribution is -2.44. The first kappa shape index (κ1) is 31.3. The Kier molecular flexibility index (Phi) is 10.6. The minimum absolute atomic E-state index is 0.00894. The van der Waals surface area contributed by atoms with Crippen LogP contribution in [0.4, 0.5) is 14.9 Å². The molecule has 1 atom stereocenters. The molecule has 0 fully saturated rings. The molecule has 0 saturated heterocycles. The number of rotatable bonds is 11. The number of hydrogen-bond donors (Lipinski definition) is 3. The molecule has 41 heavy (non-hydrogen) atoms. The summed E-state index contributed by atoms with van der Waals surface area (Å²) in [5.41, 5.74) is 1.55. The van der Waals surface area contributed by atoms with Crippen molar-refractivity contribution in [2.45, 2.75) is 45.7 Å². The minimum atomic E-state index is -1.06. The summed E-state index contributed by atoms with van der Waals surface area (Å²) in [6.45, 7) is 3.99. The molecule has 13 heteroatoms. The number of halogens is 2. The fraction of sp³-hybridized carbons (Fsp3) is 0.393. The number of amides is 3. The van der Waals surface area contributed by atoms with E-state index in [1.807, 2.05) is 13.8 Å². The summed E-state index contributed by atoms with van der Waals surface area (Å²) >= 11 is 6.34. The number of nitrogens with zero attached hydrogens (tertiary/aromatic N) is 3. The number of carbonyl (C=O) groups excluding carboxylic acids is 3. The third-order valence-corrected chi connectivity index (χ3v) is 6.53. The average molecular weight is 589 g/mol. The van der Waals surface area contributed by atoms with Crippen molar-refractivity contribution in [2.24, 2.45) is 5.92 Å². The fourth-order valence-corrected chi connectivity index (χ4v) is 4.30. The second kappa shape index (κ2) is 13.9. The topological polar surface area (TPSA) is 138 Å². The van der Waals surface area contributed by atoms with Gasteiger partial charge in [0.2, 0.25) is 11.8 Å². The first-order valence-electron chi connectivity index (χ1n) is 13.0. The molecular formula is C28H34ClFN6O5. The lowest BCUT2D eigenvalue weighted by atomic mass is 10.0. The molecule has 0 bridgehead atoms. The predicted molar refractivity (Wildman–Crippen MR) is 154 cm³/mol. The molecule has 0 saturated carbocycles. The summed E-state index contributed by atoms with van der Waals surface area (Å²) in [5.74, 6) is -1.07. The second-order valence-corrected chi connectivity index (χ2v) is 10.5. The molecule has 0 radical (unpaired) electrons. The van der Waals surface area contributed by atoms with Gasteiger partial charge in [0.1, 0.15) is 22.7 Å². The van der Waals surface area contributed by atoms with E-state index >= 15 is 0 Å². The molecule has 3 amide bonds. The molecule has 3 heterocycles. The number of fused-ring (bicyclic) bond motifs is 1. The van der Waals surface area contributed by atoms with E-state index in [1.165, 1.54) is 33.9 Å². The average Bonchev–Trinajstić information content (AvgIpc) is 3.34. The highest BCUT2D eigenvalue weighted by atomic mass is 35.5. The molecule has 0 aromatic carbocycles. The number of pyridine rings is 2. The van der Waals surface area contributed by atoms with Crippen molar-refractivity contribution in [3.63, 3.8) is 0 Å². The molecule has 0 aliphatic heterocycles. The van der Waals surface area contributed by atoms with Crippen LogP contribution in [-0.4, -0.2) is 64.6 Å². The van der Waals surface area contributed by atoms with E-state index in [2.05, 4.69) is 25.3 Å². The minimum Gasteiger partial charge on any atom is -0.453 e. The number of aromatic nitrogens is 3. The van der Waals surface area contributed by atoms with Gasteiger partial charge in [-0.15, -0.1) is 0 Å². The number of carbonyl (C=O) groups is 3. The molecule has 0 unspecified atom stereocenters. The highest BCUT2D eigenvalue weighted by Gasteiger charge is 2.22. The van der Waals surface area contributed by atoms with Gasteiger partial charge in [-0.3, -0.25) is 23.9 Å². The number of hydrogen-bond acceptors (Lipinski definition) is 6. The maximum atomic E-state index is 14.5. The zero-order valence-electron chi connectivity index (χ0n) is 23.6. The van der Waals surface area contributed by atoms with Crippen molar-refractivity contribution >= 4 is 46.2 Å². The van der Waals surface area contributed by atoms with E-state index in [-0.39, 0.29) is 35.6 Å². The quantitative estimate of drug-likeness (QED) is 0.230. The van der Waals surface area contributed by atoms with Gasteiger partial charge >= 0.3 is 6.09 Å². The number of allylic oxidation sites excluding steroid dienone is 1. The van der Waals surface area contributed by atoms with Gasteiger partial charge < -0.3 is 25.3 Å². The Morgan fingerprint density at radius 3 is 2.66 bits per heavy atom. The first-order chi connectivity index (χ1) is 19.4. The molecule has 3 aromatic heterocycles. The Morgan fingerprint density at radius 1 is 1.27 bits per heavy atom. The van der Waals surface area contributed by atoms with E-state index in [0.29, 0.717) is 35.1 Å². The SMILES string of the molecule is COC(=O)N[C@@H](CC/C=C/C(=O)N(C)C)C(=O)Nc1ccc(Cl)n(Cc2cc3ncc(F)c(CC(C)C)c3[nH]2)c1=O. The van der Waals surface area contributed by atoms with Crippen LogP contribution in [-0.2, 0) is 27.3 Å². The summed E-state index contributed by atoms with van der Waals surface area (Å²) in [7, 11) is 4.39. The van der Waals surface area contributed by atoms with Crippen LogP contribution < -0.4 is 16.2 Å². The maximum absolute atomic E-state index is 14.5. The molecular weight excluding hydrogens is 555 g/mol. The van der Waals surface area contributed by atoms with Crippen molar-refractivity contribution in [3.05, 3.63) is 69.1 Å². The zero-order chi connectivity index (χ0) is 30.3. The molecule has 3 aromatic rings. The summed E-state index contributed by atoms with van der Waals surface area (Å²) in [4.78, 5) is 58.7. The molecule has 3 rings (SSSR count). The fourth-order valence-electron chi connectivity index (χ4n) is 4.10. The Balaban J connectivity index is 1.83. The van der Waals surface area contributed by atoms with Crippen molar-refractivity contribution in [3.8, 4) is 0 Å². The molecule has 220 valence electrons. The number of methoxy groups -OCH3 is 1. The molecule has 11 nitrogen and oxygen atoms in total. The smallest absolute Gasteiger partial charge is 0.407 e. The molecule has 0 aliphatic carbocycles. The van der Waals surface area contributed by atoms with Crippen molar-refractivity contribution in [2.75, 3.05) is 26.5 Å². The van der Waals surface area contributed by atoms with Crippen LogP contribution in [0.3, 0.4) is 0 Å². The van der Waals surface area contributed by atoms with Gasteiger partial charge in [0.15, 0.2) is 0 Å². The van der Waals surface area contributed by atoms with Crippen LogP contribution in [0.25, 0.3) is 11.0 Å². The summed E-state index contributed by atoms with van der Waals surface area (Å²) in [6, 6.07) is 3.49. The van der Waals surface area contributed by atoms with Gasteiger partial charge in [-0.25, -0.2) is 9.18 Å².